The number of aryl methyl sites for hydroxylation is 1. The largest absolute Gasteiger partial charge is 0.480 e. The third-order valence-electron chi connectivity index (χ3n) is 8.29. The smallest absolute Gasteiger partial charge is 0.320 e. The molecule has 9 nitrogen and oxygen atoms in total. The summed E-state index contributed by atoms with van der Waals surface area (Å²) in [5.74, 6) is -0.137. The van der Waals surface area contributed by atoms with E-state index in [4.69, 9.17) is 13.8 Å². The van der Waals surface area contributed by atoms with Crippen LogP contribution in [-0.4, -0.2) is 48.9 Å². The number of aromatic nitrogens is 3. The Morgan fingerprint density at radius 2 is 1.98 bits per heavy atom. The number of likely N-dealkylation sites (tertiary alicyclic amines) is 1. The van der Waals surface area contributed by atoms with Gasteiger partial charge in [-0.15, -0.1) is 10.2 Å². The first kappa shape index (κ1) is 26.2. The van der Waals surface area contributed by atoms with Crippen LogP contribution in [0.2, 0.25) is 0 Å². The number of piperidine rings is 1. The quantitative estimate of drug-likeness (QED) is 0.332. The highest BCUT2D eigenvalue weighted by Gasteiger charge is 2.49. The van der Waals surface area contributed by atoms with E-state index in [0.29, 0.717) is 35.8 Å². The fourth-order valence-corrected chi connectivity index (χ4v) is 6.09. The summed E-state index contributed by atoms with van der Waals surface area (Å²) in [6.07, 6.45) is 8.61. The highest BCUT2D eigenvalue weighted by molar-refractivity contribution is 5.77. The fraction of sp³-hybridized carbons (Fsp3) is 0.355. The second kappa shape index (κ2) is 10.5. The normalized spacial score (nSPS) is 23.4. The van der Waals surface area contributed by atoms with Crippen molar-refractivity contribution in [3.63, 3.8) is 0 Å². The standard InChI is InChI=1S/C31H32N4O5/c1-19-8-3-4-9-22(19)23-10-7-14-31(20(23)2,30-34-33-27(18-36)40-30)29-32-24-16-21(12-13-26(24)39-29)17-35-15-6-5-11-25(35)28(37)38/h3-4,7-10,12-14,16,20,25,36H,5-6,11,15,17-18H2,1-2H3,(H,37,38)/t20?,25-,31?/m0/s1. The first-order valence-electron chi connectivity index (χ1n) is 13.7. The summed E-state index contributed by atoms with van der Waals surface area (Å²) in [4.78, 5) is 18.8. The Hall–Kier alpha value is -4.08. The molecule has 1 fully saturated rings. The van der Waals surface area contributed by atoms with Crippen LogP contribution in [0.25, 0.3) is 16.7 Å². The summed E-state index contributed by atoms with van der Waals surface area (Å²) in [7, 11) is 0. The van der Waals surface area contributed by atoms with Gasteiger partial charge in [-0.2, -0.15) is 0 Å². The number of oxazole rings is 1. The van der Waals surface area contributed by atoms with Crippen LogP contribution in [0.1, 0.15) is 60.5 Å². The molecule has 0 amide bonds. The molecule has 0 radical (unpaired) electrons. The van der Waals surface area contributed by atoms with Crippen molar-refractivity contribution in [1.29, 1.82) is 0 Å². The van der Waals surface area contributed by atoms with Crippen molar-refractivity contribution < 1.29 is 23.8 Å². The lowest BCUT2D eigenvalue weighted by Gasteiger charge is -2.35. The van der Waals surface area contributed by atoms with Crippen molar-refractivity contribution in [1.82, 2.24) is 20.1 Å². The Morgan fingerprint density at radius 3 is 2.75 bits per heavy atom. The highest BCUT2D eigenvalue weighted by Crippen LogP contribution is 2.49. The van der Waals surface area contributed by atoms with Crippen LogP contribution in [0.15, 0.2) is 69.5 Å². The number of hydrogen-bond donors (Lipinski definition) is 2. The lowest BCUT2D eigenvalue weighted by molar-refractivity contribution is -0.144. The van der Waals surface area contributed by atoms with E-state index in [9.17, 15) is 15.0 Å². The predicted octanol–water partition coefficient (Wildman–Crippen LogP) is 5.03. The molecule has 3 heterocycles. The molecular formula is C31H32N4O5. The molecule has 206 valence electrons. The van der Waals surface area contributed by atoms with Crippen LogP contribution in [-0.2, 0) is 23.4 Å². The van der Waals surface area contributed by atoms with Crippen molar-refractivity contribution in [2.24, 2.45) is 5.92 Å². The van der Waals surface area contributed by atoms with E-state index in [0.717, 1.165) is 41.6 Å². The van der Waals surface area contributed by atoms with E-state index in [2.05, 4.69) is 42.3 Å². The van der Waals surface area contributed by atoms with Gasteiger partial charge in [-0.25, -0.2) is 4.98 Å². The van der Waals surface area contributed by atoms with E-state index in [-0.39, 0.29) is 18.4 Å². The van der Waals surface area contributed by atoms with Crippen molar-refractivity contribution in [2.45, 2.75) is 57.7 Å². The number of carbonyl (C=O) groups is 1. The van der Waals surface area contributed by atoms with Crippen LogP contribution in [0.3, 0.4) is 0 Å². The van der Waals surface area contributed by atoms with Crippen molar-refractivity contribution >= 4 is 22.6 Å². The summed E-state index contributed by atoms with van der Waals surface area (Å²) >= 11 is 0. The van der Waals surface area contributed by atoms with Crippen molar-refractivity contribution in [3.05, 3.63) is 95.1 Å². The maximum Gasteiger partial charge on any atom is 0.320 e. The Labute approximate surface area is 231 Å². The van der Waals surface area contributed by atoms with Gasteiger partial charge < -0.3 is 19.0 Å². The summed E-state index contributed by atoms with van der Waals surface area (Å²) in [6, 6.07) is 13.6. The molecule has 0 bridgehead atoms. The minimum atomic E-state index is -1.01. The number of aliphatic carboxylic acids is 1. The molecule has 1 saturated heterocycles. The molecule has 1 aliphatic heterocycles. The lowest BCUT2D eigenvalue weighted by atomic mass is 9.67. The maximum atomic E-state index is 11.8. The molecule has 40 heavy (non-hydrogen) atoms. The van der Waals surface area contributed by atoms with Crippen LogP contribution < -0.4 is 0 Å². The molecular weight excluding hydrogens is 508 g/mol. The zero-order valence-electron chi connectivity index (χ0n) is 22.6. The second-order valence-electron chi connectivity index (χ2n) is 10.7. The monoisotopic (exact) mass is 540 g/mol. The first-order chi connectivity index (χ1) is 19.4. The zero-order chi connectivity index (χ0) is 27.9. The van der Waals surface area contributed by atoms with Gasteiger partial charge in [-0.05, 0) is 60.7 Å². The number of nitrogens with zero attached hydrogens (tertiary/aromatic N) is 4. The summed E-state index contributed by atoms with van der Waals surface area (Å²) in [5, 5.41) is 27.7. The van der Waals surface area contributed by atoms with Crippen LogP contribution in [0.5, 0.6) is 0 Å². The van der Waals surface area contributed by atoms with Gasteiger partial charge in [-0.3, -0.25) is 9.69 Å². The molecule has 0 spiro atoms. The van der Waals surface area contributed by atoms with Gasteiger partial charge in [0.15, 0.2) is 5.58 Å². The maximum absolute atomic E-state index is 11.8. The third kappa shape index (κ3) is 4.45. The van der Waals surface area contributed by atoms with E-state index < -0.39 is 17.4 Å². The van der Waals surface area contributed by atoms with Crippen molar-refractivity contribution in [3.8, 4) is 0 Å². The Kier molecular flexibility index (Phi) is 6.85. The number of carboxylic acid groups (broad SMARTS) is 1. The molecule has 6 rings (SSSR count). The van der Waals surface area contributed by atoms with E-state index in [1.54, 1.807) is 0 Å². The summed E-state index contributed by atoms with van der Waals surface area (Å²) in [5.41, 5.74) is 4.59. The van der Waals surface area contributed by atoms with Crippen LogP contribution >= 0.6 is 0 Å². The minimum absolute atomic E-state index is 0.120. The average molecular weight is 541 g/mol. The van der Waals surface area contributed by atoms with Crippen LogP contribution in [0.4, 0.5) is 0 Å². The predicted molar refractivity (Wildman–Crippen MR) is 148 cm³/mol. The van der Waals surface area contributed by atoms with Gasteiger partial charge in [0.05, 0.1) is 0 Å². The van der Waals surface area contributed by atoms with E-state index >= 15 is 0 Å². The average Bonchev–Trinajstić information content (AvgIpc) is 3.62. The van der Waals surface area contributed by atoms with Gasteiger partial charge in [0, 0.05) is 12.5 Å². The number of rotatable bonds is 7. The molecule has 3 atom stereocenters. The number of benzene rings is 2. The lowest BCUT2D eigenvalue weighted by Crippen LogP contribution is -2.43. The number of aliphatic hydroxyl groups excluding tert-OH is 1. The number of allylic oxidation sites excluding steroid dienone is 4. The Balaban J connectivity index is 1.42. The van der Waals surface area contributed by atoms with E-state index in [1.165, 1.54) is 0 Å². The summed E-state index contributed by atoms with van der Waals surface area (Å²) in [6.45, 7) is 5.08. The van der Waals surface area contributed by atoms with Gasteiger partial charge in [0.25, 0.3) is 0 Å². The molecule has 4 aromatic rings. The van der Waals surface area contributed by atoms with E-state index in [1.807, 2.05) is 47.4 Å². The SMILES string of the molecule is Cc1ccccc1C1=CC=CC(c2nnc(CO)o2)(c2nc3cc(CN4CCCC[C@H]4C(=O)O)ccc3o2)C1C. The molecule has 2 N–H and O–H groups in total. The van der Waals surface area contributed by atoms with Crippen LogP contribution in [0, 0.1) is 12.8 Å². The molecule has 2 aliphatic rings. The Bertz CT molecular complexity index is 1620. The zero-order valence-corrected chi connectivity index (χ0v) is 22.6. The topological polar surface area (TPSA) is 126 Å². The second-order valence-corrected chi connectivity index (χ2v) is 10.7. The number of aliphatic hydroxyl groups is 1. The molecule has 9 heteroatoms. The molecule has 2 aromatic carbocycles. The number of carboxylic acids is 1. The van der Waals surface area contributed by atoms with Gasteiger partial charge in [0.1, 0.15) is 23.6 Å². The van der Waals surface area contributed by atoms with Gasteiger partial charge >= 0.3 is 5.97 Å². The first-order valence-corrected chi connectivity index (χ1v) is 13.7. The number of fused-ring (bicyclic) bond motifs is 1. The highest BCUT2D eigenvalue weighted by atomic mass is 16.4. The number of hydrogen-bond acceptors (Lipinski definition) is 8. The molecule has 1 aliphatic carbocycles. The van der Waals surface area contributed by atoms with Gasteiger partial charge in [-0.1, -0.05) is 61.9 Å². The molecule has 2 aromatic heterocycles. The Morgan fingerprint density at radius 1 is 1.12 bits per heavy atom. The minimum Gasteiger partial charge on any atom is -0.480 e. The molecule has 2 unspecified atom stereocenters. The van der Waals surface area contributed by atoms with Gasteiger partial charge in [0.2, 0.25) is 17.7 Å². The third-order valence-corrected chi connectivity index (χ3v) is 8.29. The molecule has 0 saturated carbocycles. The fourth-order valence-electron chi connectivity index (χ4n) is 6.09. The summed E-state index contributed by atoms with van der Waals surface area (Å²) < 4.78 is 12.4. The van der Waals surface area contributed by atoms with Crippen molar-refractivity contribution in [2.75, 3.05) is 6.54 Å².